The lowest BCUT2D eigenvalue weighted by Gasteiger charge is -2.08. The Bertz CT molecular complexity index is 800. The fraction of sp³-hybridized carbons (Fsp3) is 0.167. The van der Waals surface area contributed by atoms with Gasteiger partial charge in [0.05, 0.1) is 16.7 Å². The zero-order valence-corrected chi connectivity index (χ0v) is 12.4. The number of aryl methyl sites for hydroxylation is 1. The Balaban J connectivity index is 1.71. The van der Waals surface area contributed by atoms with E-state index < -0.39 is 0 Å². The highest BCUT2D eigenvalue weighted by atomic mass is 16.1. The number of fused-ring (bicyclic) bond motifs is 1. The van der Waals surface area contributed by atoms with Crippen molar-refractivity contribution < 1.29 is 4.79 Å². The molecular formula is C18H17N3O. The van der Waals surface area contributed by atoms with Crippen molar-refractivity contribution in [3.8, 4) is 0 Å². The van der Waals surface area contributed by atoms with E-state index in [1.807, 2.05) is 61.5 Å². The predicted molar refractivity (Wildman–Crippen MR) is 86.8 cm³/mol. The number of rotatable bonds is 4. The molecule has 0 fully saturated rings. The fourth-order valence-electron chi connectivity index (χ4n) is 2.35. The summed E-state index contributed by atoms with van der Waals surface area (Å²) in [6, 6.07) is 17.6. The Kier molecular flexibility index (Phi) is 4.10. The summed E-state index contributed by atoms with van der Waals surface area (Å²) in [5, 5.41) is 2.91. The largest absolute Gasteiger partial charge is 0.350 e. The molecule has 1 N–H and O–H groups in total. The van der Waals surface area contributed by atoms with E-state index >= 15 is 0 Å². The van der Waals surface area contributed by atoms with E-state index in [1.165, 1.54) is 5.56 Å². The number of nitrogens with one attached hydrogen (secondary N) is 1. The van der Waals surface area contributed by atoms with E-state index in [1.54, 1.807) is 0 Å². The summed E-state index contributed by atoms with van der Waals surface area (Å²) in [4.78, 5) is 21.2. The van der Waals surface area contributed by atoms with Crippen molar-refractivity contribution in [1.82, 2.24) is 15.3 Å². The van der Waals surface area contributed by atoms with Crippen LogP contribution in [0.5, 0.6) is 0 Å². The molecule has 0 aliphatic heterocycles. The number of benzene rings is 2. The molecule has 1 aromatic heterocycles. The number of aromatic nitrogens is 2. The van der Waals surface area contributed by atoms with Gasteiger partial charge in [0.1, 0.15) is 5.69 Å². The van der Waals surface area contributed by atoms with Crippen LogP contribution in [-0.2, 0) is 6.42 Å². The van der Waals surface area contributed by atoms with Crippen LogP contribution in [0.4, 0.5) is 0 Å². The maximum absolute atomic E-state index is 12.3. The van der Waals surface area contributed by atoms with Crippen molar-refractivity contribution in [1.29, 1.82) is 0 Å². The fourth-order valence-corrected chi connectivity index (χ4v) is 2.35. The van der Waals surface area contributed by atoms with Crippen LogP contribution in [0, 0.1) is 6.92 Å². The minimum absolute atomic E-state index is 0.174. The summed E-state index contributed by atoms with van der Waals surface area (Å²) < 4.78 is 0. The van der Waals surface area contributed by atoms with Gasteiger partial charge in [-0.25, -0.2) is 9.97 Å². The molecule has 0 radical (unpaired) electrons. The molecule has 3 aromatic rings. The highest BCUT2D eigenvalue weighted by molar-refractivity contribution is 5.95. The Morgan fingerprint density at radius 3 is 2.32 bits per heavy atom. The summed E-state index contributed by atoms with van der Waals surface area (Å²) in [6.45, 7) is 2.39. The minimum Gasteiger partial charge on any atom is -0.350 e. The lowest BCUT2D eigenvalue weighted by atomic mass is 10.1. The first-order valence-corrected chi connectivity index (χ1v) is 7.29. The normalized spacial score (nSPS) is 10.6. The molecule has 1 heterocycles. The van der Waals surface area contributed by atoms with Gasteiger partial charge in [-0.3, -0.25) is 4.79 Å². The molecule has 110 valence electrons. The Morgan fingerprint density at radius 1 is 0.955 bits per heavy atom. The van der Waals surface area contributed by atoms with Gasteiger partial charge in [-0.2, -0.15) is 0 Å². The first-order chi connectivity index (χ1) is 10.7. The second-order valence-corrected chi connectivity index (χ2v) is 5.14. The first kappa shape index (κ1) is 14.2. The van der Waals surface area contributed by atoms with Crippen molar-refractivity contribution in [3.05, 3.63) is 71.5 Å². The summed E-state index contributed by atoms with van der Waals surface area (Å²) in [5.74, 6) is -0.174. The molecule has 1 amide bonds. The van der Waals surface area contributed by atoms with Gasteiger partial charge >= 0.3 is 0 Å². The average Bonchev–Trinajstić information content (AvgIpc) is 2.55. The monoisotopic (exact) mass is 291 g/mol. The third kappa shape index (κ3) is 3.11. The number of para-hydroxylation sites is 2. The van der Waals surface area contributed by atoms with E-state index in [-0.39, 0.29) is 5.91 Å². The highest BCUT2D eigenvalue weighted by Gasteiger charge is 2.12. The summed E-state index contributed by atoms with van der Waals surface area (Å²) >= 11 is 0. The number of nitrogens with zero attached hydrogens (tertiary/aromatic N) is 2. The lowest BCUT2D eigenvalue weighted by molar-refractivity contribution is 0.0948. The third-order valence-corrected chi connectivity index (χ3v) is 3.50. The second-order valence-electron chi connectivity index (χ2n) is 5.14. The summed E-state index contributed by atoms with van der Waals surface area (Å²) in [5.41, 5.74) is 3.79. The van der Waals surface area contributed by atoms with Crippen molar-refractivity contribution in [3.63, 3.8) is 0 Å². The molecular weight excluding hydrogens is 274 g/mol. The predicted octanol–water partition coefficient (Wildman–Crippen LogP) is 2.91. The van der Waals surface area contributed by atoms with Gasteiger partial charge in [-0.15, -0.1) is 0 Å². The molecule has 0 saturated carbocycles. The van der Waals surface area contributed by atoms with Crippen molar-refractivity contribution in [2.24, 2.45) is 0 Å². The maximum atomic E-state index is 12.3. The molecule has 0 bridgehead atoms. The van der Waals surface area contributed by atoms with Gasteiger partial charge in [0.15, 0.2) is 0 Å². The van der Waals surface area contributed by atoms with Crippen LogP contribution < -0.4 is 5.32 Å². The molecule has 0 unspecified atom stereocenters. The van der Waals surface area contributed by atoms with Gasteiger partial charge < -0.3 is 5.32 Å². The number of carbonyl (C=O) groups excluding carboxylic acids is 1. The Morgan fingerprint density at radius 2 is 1.59 bits per heavy atom. The smallest absolute Gasteiger partial charge is 0.271 e. The van der Waals surface area contributed by atoms with Crippen LogP contribution in [0.25, 0.3) is 11.0 Å². The van der Waals surface area contributed by atoms with Crippen LogP contribution in [-0.4, -0.2) is 22.4 Å². The molecule has 0 atom stereocenters. The molecule has 4 heteroatoms. The van der Waals surface area contributed by atoms with E-state index in [2.05, 4.69) is 15.3 Å². The van der Waals surface area contributed by atoms with Crippen LogP contribution in [0.2, 0.25) is 0 Å². The van der Waals surface area contributed by atoms with Gasteiger partial charge in [-0.1, -0.05) is 42.5 Å². The van der Waals surface area contributed by atoms with Gasteiger partial charge in [0, 0.05) is 6.54 Å². The number of hydrogen-bond acceptors (Lipinski definition) is 3. The molecule has 0 aliphatic carbocycles. The quantitative estimate of drug-likeness (QED) is 0.804. The van der Waals surface area contributed by atoms with Gasteiger partial charge in [-0.05, 0) is 31.0 Å². The highest BCUT2D eigenvalue weighted by Crippen LogP contribution is 2.12. The molecule has 2 aromatic carbocycles. The number of hydrogen-bond donors (Lipinski definition) is 1. The van der Waals surface area contributed by atoms with E-state index in [4.69, 9.17) is 0 Å². The number of amides is 1. The first-order valence-electron chi connectivity index (χ1n) is 7.29. The van der Waals surface area contributed by atoms with Crippen molar-refractivity contribution in [2.75, 3.05) is 6.54 Å². The SMILES string of the molecule is Cc1nc2ccccc2nc1C(=O)NCCc1ccccc1. The Labute approximate surface area is 129 Å². The third-order valence-electron chi connectivity index (χ3n) is 3.50. The molecule has 0 spiro atoms. The molecule has 0 aliphatic rings. The molecule has 22 heavy (non-hydrogen) atoms. The van der Waals surface area contributed by atoms with E-state index in [0.29, 0.717) is 17.9 Å². The zero-order chi connectivity index (χ0) is 15.4. The lowest BCUT2D eigenvalue weighted by Crippen LogP contribution is -2.27. The van der Waals surface area contributed by atoms with Crippen LogP contribution >= 0.6 is 0 Å². The van der Waals surface area contributed by atoms with Crippen LogP contribution in [0.15, 0.2) is 54.6 Å². The van der Waals surface area contributed by atoms with Gasteiger partial charge in [0.25, 0.3) is 5.91 Å². The van der Waals surface area contributed by atoms with Crippen LogP contribution in [0.3, 0.4) is 0 Å². The minimum atomic E-state index is -0.174. The number of carbonyl (C=O) groups is 1. The zero-order valence-electron chi connectivity index (χ0n) is 12.4. The maximum Gasteiger partial charge on any atom is 0.271 e. The molecule has 0 saturated heterocycles. The van der Waals surface area contributed by atoms with Crippen molar-refractivity contribution >= 4 is 16.9 Å². The van der Waals surface area contributed by atoms with E-state index in [0.717, 1.165) is 17.5 Å². The average molecular weight is 291 g/mol. The molecule has 3 rings (SSSR count). The summed E-state index contributed by atoms with van der Waals surface area (Å²) in [7, 11) is 0. The molecule has 4 nitrogen and oxygen atoms in total. The standard InChI is InChI=1S/C18H17N3O/c1-13-17(21-16-10-6-5-9-15(16)20-13)18(22)19-12-11-14-7-3-2-4-8-14/h2-10H,11-12H2,1H3,(H,19,22). The van der Waals surface area contributed by atoms with E-state index in [9.17, 15) is 4.79 Å². The topological polar surface area (TPSA) is 54.9 Å². The van der Waals surface area contributed by atoms with Crippen molar-refractivity contribution in [2.45, 2.75) is 13.3 Å². The van der Waals surface area contributed by atoms with Gasteiger partial charge in [0.2, 0.25) is 0 Å². The Hall–Kier alpha value is -2.75. The second kappa shape index (κ2) is 6.35. The van der Waals surface area contributed by atoms with Crippen LogP contribution in [0.1, 0.15) is 21.7 Å². The summed E-state index contributed by atoms with van der Waals surface area (Å²) in [6.07, 6.45) is 0.798.